The molecule has 0 amide bonds. The van der Waals surface area contributed by atoms with Gasteiger partial charge in [0.05, 0.1) is 0 Å². The van der Waals surface area contributed by atoms with Crippen molar-refractivity contribution in [3.05, 3.63) is 47.5 Å². The summed E-state index contributed by atoms with van der Waals surface area (Å²) in [5.74, 6) is -0.426. The van der Waals surface area contributed by atoms with Crippen LogP contribution in [0.4, 0.5) is 0 Å². The summed E-state index contributed by atoms with van der Waals surface area (Å²) in [7, 11) is 0.141. The molecule has 4 N–H and O–H groups in total. The fraction of sp³-hybridized carbons (Fsp3) is 0.0667. The van der Waals surface area contributed by atoms with Gasteiger partial charge in [0.25, 0.3) is 0 Å². The van der Waals surface area contributed by atoms with Crippen LogP contribution in [0.25, 0.3) is 12.2 Å². The van der Waals surface area contributed by atoms with E-state index >= 15 is 0 Å². The monoisotopic (exact) mass is 286 g/mol. The molecule has 108 valence electrons. The molecular formula is C15H15BO5. The number of phenols is 3. The number of aromatic hydroxyl groups is 3. The fourth-order valence-corrected chi connectivity index (χ4v) is 1.84. The molecule has 0 aliphatic heterocycles. The second-order valence-corrected chi connectivity index (χ2v) is 4.49. The maximum Gasteiger partial charge on any atom is 0.494 e. The maximum absolute atomic E-state index is 9.66. The third-order valence-electron chi connectivity index (χ3n) is 3.01. The third-order valence-corrected chi connectivity index (χ3v) is 3.01. The van der Waals surface area contributed by atoms with Crippen molar-refractivity contribution < 1.29 is 25.0 Å². The van der Waals surface area contributed by atoms with Crippen molar-refractivity contribution in [1.82, 2.24) is 0 Å². The highest BCUT2D eigenvalue weighted by atomic mass is 16.5. The van der Waals surface area contributed by atoms with Gasteiger partial charge in [-0.1, -0.05) is 30.4 Å². The topological polar surface area (TPSA) is 90.2 Å². The van der Waals surface area contributed by atoms with Gasteiger partial charge in [0, 0.05) is 12.6 Å². The van der Waals surface area contributed by atoms with Gasteiger partial charge in [0.15, 0.2) is 11.5 Å². The highest BCUT2D eigenvalue weighted by Gasteiger charge is 2.18. The summed E-state index contributed by atoms with van der Waals surface area (Å²) < 4.78 is 4.77. The summed E-state index contributed by atoms with van der Waals surface area (Å²) in [5, 5.41) is 37.9. The molecule has 0 atom stereocenters. The van der Waals surface area contributed by atoms with E-state index in [-0.39, 0.29) is 22.7 Å². The lowest BCUT2D eigenvalue weighted by molar-refractivity contribution is 0.339. The van der Waals surface area contributed by atoms with Crippen LogP contribution < -0.4 is 5.46 Å². The largest absolute Gasteiger partial charge is 0.508 e. The molecule has 2 aromatic carbocycles. The van der Waals surface area contributed by atoms with Crippen molar-refractivity contribution >= 4 is 24.7 Å². The van der Waals surface area contributed by atoms with Crippen LogP contribution in [0, 0.1) is 0 Å². The molecule has 21 heavy (non-hydrogen) atoms. The molecule has 6 heteroatoms. The molecule has 5 nitrogen and oxygen atoms in total. The quantitative estimate of drug-likeness (QED) is 0.386. The highest BCUT2D eigenvalue weighted by molar-refractivity contribution is 6.61. The third kappa shape index (κ3) is 3.56. The van der Waals surface area contributed by atoms with Crippen LogP contribution in [0.15, 0.2) is 36.4 Å². The van der Waals surface area contributed by atoms with E-state index in [1.807, 2.05) is 0 Å². The van der Waals surface area contributed by atoms with Gasteiger partial charge in [-0.3, -0.25) is 0 Å². The first-order valence-electron chi connectivity index (χ1n) is 6.25. The molecule has 2 aromatic rings. The van der Waals surface area contributed by atoms with Gasteiger partial charge in [0.1, 0.15) is 5.75 Å². The average molecular weight is 286 g/mol. The first kappa shape index (κ1) is 15.0. The Morgan fingerprint density at radius 1 is 0.857 bits per heavy atom. The molecule has 0 bridgehead atoms. The second-order valence-electron chi connectivity index (χ2n) is 4.49. The second kappa shape index (κ2) is 6.34. The van der Waals surface area contributed by atoms with Crippen molar-refractivity contribution in [2.75, 3.05) is 7.11 Å². The molecule has 0 aliphatic rings. The molecule has 0 heterocycles. The predicted molar refractivity (Wildman–Crippen MR) is 81.4 cm³/mol. The number of benzene rings is 2. The van der Waals surface area contributed by atoms with E-state index in [1.165, 1.54) is 25.3 Å². The van der Waals surface area contributed by atoms with Gasteiger partial charge >= 0.3 is 7.12 Å². The van der Waals surface area contributed by atoms with E-state index in [9.17, 15) is 20.3 Å². The van der Waals surface area contributed by atoms with Crippen LogP contribution >= 0.6 is 0 Å². The van der Waals surface area contributed by atoms with E-state index in [4.69, 9.17) is 4.65 Å². The molecule has 0 spiro atoms. The molecule has 2 rings (SSSR count). The standard InChI is InChI=1S/C15H15BO5/c1-21-16(20)12-8-10(4-6-13(12)17)2-3-11-5-7-14(18)15(19)9-11/h2-9,17-20H,1H3/b3-2+. The molecular weight excluding hydrogens is 271 g/mol. The molecule has 0 saturated heterocycles. The SMILES string of the molecule is COB(O)c1cc(/C=C/c2ccc(O)c(O)c2)ccc1O. The Morgan fingerprint density at radius 2 is 1.43 bits per heavy atom. The molecule has 0 unspecified atom stereocenters. The normalized spacial score (nSPS) is 11.0. The van der Waals surface area contributed by atoms with Gasteiger partial charge in [-0.15, -0.1) is 0 Å². The fourth-order valence-electron chi connectivity index (χ4n) is 1.84. The van der Waals surface area contributed by atoms with Crippen LogP contribution in [0.2, 0.25) is 0 Å². The van der Waals surface area contributed by atoms with Gasteiger partial charge in [-0.2, -0.15) is 0 Å². The molecule has 0 saturated carbocycles. The predicted octanol–water partition coefficient (Wildman–Crippen LogP) is 1.31. The Hall–Kier alpha value is -2.44. The van der Waals surface area contributed by atoms with Crippen LogP contribution in [0.1, 0.15) is 11.1 Å². The number of hydrogen-bond acceptors (Lipinski definition) is 5. The van der Waals surface area contributed by atoms with Crippen molar-refractivity contribution in [2.45, 2.75) is 0 Å². The first-order valence-corrected chi connectivity index (χ1v) is 6.25. The average Bonchev–Trinajstić information content (AvgIpc) is 2.49. The smallest absolute Gasteiger partial charge is 0.494 e. The Balaban J connectivity index is 2.26. The minimum atomic E-state index is -1.20. The van der Waals surface area contributed by atoms with Crippen molar-refractivity contribution in [2.24, 2.45) is 0 Å². The summed E-state index contributed by atoms with van der Waals surface area (Å²) in [5.41, 5.74) is 1.71. The zero-order chi connectivity index (χ0) is 15.4. The molecule has 0 fully saturated rings. The number of rotatable bonds is 4. The van der Waals surface area contributed by atoms with Gasteiger partial charge in [-0.05, 0) is 29.3 Å². The lowest BCUT2D eigenvalue weighted by atomic mass is 9.78. The lowest BCUT2D eigenvalue weighted by Gasteiger charge is -2.07. The highest BCUT2D eigenvalue weighted by Crippen LogP contribution is 2.25. The van der Waals surface area contributed by atoms with Crippen LogP contribution in [0.3, 0.4) is 0 Å². The van der Waals surface area contributed by atoms with E-state index < -0.39 is 7.12 Å². The summed E-state index contributed by atoms with van der Waals surface area (Å²) >= 11 is 0. The van der Waals surface area contributed by atoms with Crippen molar-refractivity contribution in [3.63, 3.8) is 0 Å². The maximum atomic E-state index is 9.66. The minimum absolute atomic E-state index is 0.0521. The summed E-state index contributed by atoms with van der Waals surface area (Å²) in [6.07, 6.45) is 3.48. The Morgan fingerprint density at radius 3 is 2.00 bits per heavy atom. The summed E-state index contributed by atoms with van der Waals surface area (Å²) in [6, 6.07) is 9.21. The van der Waals surface area contributed by atoms with Crippen LogP contribution in [0.5, 0.6) is 17.2 Å². The van der Waals surface area contributed by atoms with Crippen LogP contribution in [-0.4, -0.2) is 34.6 Å². The van der Waals surface area contributed by atoms with Crippen molar-refractivity contribution in [1.29, 1.82) is 0 Å². The van der Waals surface area contributed by atoms with Gasteiger partial charge in [0.2, 0.25) is 0 Å². The summed E-state index contributed by atoms with van der Waals surface area (Å²) in [4.78, 5) is 0. The first-order chi connectivity index (χ1) is 10.0. The van der Waals surface area contributed by atoms with E-state index in [0.717, 1.165) is 5.56 Å². The summed E-state index contributed by atoms with van der Waals surface area (Å²) in [6.45, 7) is 0. The Kier molecular flexibility index (Phi) is 4.52. The van der Waals surface area contributed by atoms with Crippen LogP contribution in [-0.2, 0) is 4.65 Å². The minimum Gasteiger partial charge on any atom is -0.508 e. The van der Waals surface area contributed by atoms with Gasteiger partial charge in [-0.25, -0.2) is 0 Å². The molecule has 0 aromatic heterocycles. The Labute approximate surface area is 122 Å². The van der Waals surface area contributed by atoms with E-state index in [2.05, 4.69) is 0 Å². The zero-order valence-corrected chi connectivity index (χ0v) is 11.4. The zero-order valence-electron chi connectivity index (χ0n) is 11.4. The number of hydrogen-bond donors (Lipinski definition) is 4. The number of phenolic OH excluding ortho intramolecular Hbond substituents is 3. The van der Waals surface area contributed by atoms with Gasteiger partial charge < -0.3 is 25.0 Å². The van der Waals surface area contributed by atoms with E-state index in [0.29, 0.717) is 5.56 Å². The van der Waals surface area contributed by atoms with Crippen molar-refractivity contribution in [3.8, 4) is 17.2 Å². The van der Waals surface area contributed by atoms with E-state index in [1.54, 1.807) is 30.4 Å². The molecule has 0 radical (unpaired) electrons. The molecule has 0 aliphatic carbocycles. The Bertz CT molecular complexity index is 669. The lowest BCUT2D eigenvalue weighted by Crippen LogP contribution is -2.32.